The highest BCUT2D eigenvalue weighted by Crippen LogP contribution is 2.15. The van der Waals surface area contributed by atoms with Crippen LogP contribution in [-0.2, 0) is 0 Å². The predicted molar refractivity (Wildman–Crippen MR) is 60.3 cm³/mol. The van der Waals surface area contributed by atoms with Crippen molar-refractivity contribution in [3.05, 3.63) is 48.0 Å². The summed E-state index contributed by atoms with van der Waals surface area (Å²) in [5.41, 5.74) is 1.31. The first-order chi connectivity index (χ1) is 6.70. The third-order valence-corrected chi connectivity index (χ3v) is 2.23. The van der Waals surface area contributed by atoms with Crippen LogP contribution in [0.3, 0.4) is 0 Å². The molecule has 0 aliphatic heterocycles. The lowest BCUT2D eigenvalue weighted by Gasteiger charge is -2.06. The summed E-state index contributed by atoms with van der Waals surface area (Å²) in [6.07, 6.45) is 4.68. The van der Waals surface area contributed by atoms with Gasteiger partial charge in [-0.2, -0.15) is 0 Å². The van der Waals surface area contributed by atoms with Crippen molar-refractivity contribution in [3.8, 4) is 0 Å². The molecule has 0 spiro atoms. The summed E-state index contributed by atoms with van der Waals surface area (Å²) in [5, 5.41) is 9.08. The van der Waals surface area contributed by atoms with Gasteiger partial charge in [-0.25, -0.2) is 0 Å². The Kier molecular flexibility index (Phi) is 4.41. The molecule has 0 bridgehead atoms. The molecule has 1 N–H and O–H groups in total. The van der Waals surface area contributed by atoms with E-state index in [0.29, 0.717) is 5.92 Å². The van der Waals surface area contributed by atoms with Crippen LogP contribution in [0.4, 0.5) is 0 Å². The summed E-state index contributed by atoms with van der Waals surface area (Å²) in [7, 11) is 0. The van der Waals surface area contributed by atoms with Crippen molar-refractivity contribution in [3.63, 3.8) is 0 Å². The first kappa shape index (κ1) is 11.0. The van der Waals surface area contributed by atoms with Gasteiger partial charge in [0.05, 0.1) is 6.10 Å². The molecule has 1 nitrogen and oxygen atoms in total. The minimum absolute atomic E-state index is 0.241. The highest BCUT2D eigenvalue weighted by atomic mass is 16.3. The van der Waals surface area contributed by atoms with Gasteiger partial charge in [0.15, 0.2) is 0 Å². The van der Waals surface area contributed by atoms with E-state index in [4.69, 9.17) is 5.11 Å². The molecule has 0 unspecified atom stereocenters. The summed E-state index contributed by atoms with van der Waals surface area (Å²) in [5.74, 6) is 0.426. The predicted octanol–water partition coefficient (Wildman–Crippen LogP) is 3.12. The standard InChI is InChI=1S/C13H18O/c1-11(7-6-8-12(2)14)13-9-4-3-5-10-13/h3-7,9-12,14H,8H2,1-2H3/b7-6+/t11-,12+/m0/s1. The van der Waals surface area contributed by atoms with Gasteiger partial charge >= 0.3 is 0 Å². The molecule has 0 radical (unpaired) electrons. The number of allylic oxidation sites excluding steroid dienone is 1. The van der Waals surface area contributed by atoms with Crippen molar-refractivity contribution in [2.24, 2.45) is 0 Å². The van der Waals surface area contributed by atoms with E-state index in [1.54, 1.807) is 6.92 Å². The first-order valence-corrected chi connectivity index (χ1v) is 5.10. The molecule has 0 aliphatic carbocycles. The molecule has 0 fully saturated rings. The van der Waals surface area contributed by atoms with E-state index < -0.39 is 0 Å². The van der Waals surface area contributed by atoms with Crippen LogP contribution < -0.4 is 0 Å². The Bertz CT molecular complexity index is 275. The molecule has 0 aliphatic rings. The molecule has 1 heteroatoms. The third kappa shape index (κ3) is 3.75. The van der Waals surface area contributed by atoms with E-state index in [9.17, 15) is 0 Å². The second-order valence-electron chi connectivity index (χ2n) is 3.71. The Hall–Kier alpha value is -1.08. The van der Waals surface area contributed by atoms with Gasteiger partial charge in [-0.3, -0.25) is 0 Å². The molecule has 1 rings (SSSR count). The number of hydrogen-bond acceptors (Lipinski definition) is 1. The van der Waals surface area contributed by atoms with Gasteiger partial charge in [0.25, 0.3) is 0 Å². The van der Waals surface area contributed by atoms with Gasteiger partial charge in [-0.15, -0.1) is 0 Å². The Morgan fingerprint density at radius 1 is 1.21 bits per heavy atom. The van der Waals surface area contributed by atoms with Crippen LogP contribution in [0.15, 0.2) is 42.5 Å². The van der Waals surface area contributed by atoms with Crippen molar-refractivity contribution in [1.29, 1.82) is 0 Å². The molecule has 0 amide bonds. The highest BCUT2D eigenvalue weighted by Gasteiger charge is 1.99. The molecule has 0 heterocycles. The van der Waals surface area contributed by atoms with Gasteiger partial charge in [-0.05, 0) is 24.8 Å². The number of rotatable bonds is 4. The van der Waals surface area contributed by atoms with Gasteiger partial charge in [0.1, 0.15) is 0 Å². The molecule has 2 atom stereocenters. The molecule has 0 saturated heterocycles. The van der Waals surface area contributed by atoms with Gasteiger partial charge in [0.2, 0.25) is 0 Å². The van der Waals surface area contributed by atoms with E-state index in [1.807, 2.05) is 24.3 Å². The highest BCUT2D eigenvalue weighted by molar-refractivity contribution is 5.22. The molecule has 0 saturated carbocycles. The van der Waals surface area contributed by atoms with Crippen LogP contribution in [0.25, 0.3) is 0 Å². The van der Waals surface area contributed by atoms with E-state index in [1.165, 1.54) is 5.56 Å². The number of aliphatic hydroxyl groups excluding tert-OH is 1. The number of benzene rings is 1. The third-order valence-electron chi connectivity index (χ3n) is 2.23. The lowest BCUT2D eigenvalue weighted by atomic mass is 10.0. The molecule has 76 valence electrons. The Balaban J connectivity index is 2.50. The van der Waals surface area contributed by atoms with E-state index in [2.05, 4.69) is 25.1 Å². The average molecular weight is 190 g/mol. The smallest absolute Gasteiger partial charge is 0.0546 e. The molecule has 1 aromatic carbocycles. The second-order valence-corrected chi connectivity index (χ2v) is 3.71. The van der Waals surface area contributed by atoms with Gasteiger partial charge in [-0.1, -0.05) is 49.4 Å². The fourth-order valence-corrected chi connectivity index (χ4v) is 1.35. The SMILES string of the molecule is C[C@@H](O)C/C=C/[C@H](C)c1ccccc1. The van der Waals surface area contributed by atoms with Crippen LogP contribution in [0.1, 0.15) is 31.7 Å². The van der Waals surface area contributed by atoms with E-state index >= 15 is 0 Å². The topological polar surface area (TPSA) is 20.2 Å². The van der Waals surface area contributed by atoms with Crippen LogP contribution in [0, 0.1) is 0 Å². The second kappa shape index (κ2) is 5.61. The molecule has 14 heavy (non-hydrogen) atoms. The fourth-order valence-electron chi connectivity index (χ4n) is 1.35. The summed E-state index contributed by atoms with van der Waals surface area (Å²) in [4.78, 5) is 0. The Labute approximate surface area is 86.1 Å². The number of hydrogen-bond donors (Lipinski definition) is 1. The van der Waals surface area contributed by atoms with Gasteiger partial charge in [0, 0.05) is 0 Å². The average Bonchev–Trinajstić information content (AvgIpc) is 2.18. The van der Waals surface area contributed by atoms with Crippen LogP contribution in [0.5, 0.6) is 0 Å². The zero-order chi connectivity index (χ0) is 10.4. The first-order valence-electron chi connectivity index (χ1n) is 5.10. The molecule has 1 aromatic rings. The maximum atomic E-state index is 9.08. The van der Waals surface area contributed by atoms with Gasteiger partial charge < -0.3 is 5.11 Å². The maximum Gasteiger partial charge on any atom is 0.0546 e. The molecule has 0 aromatic heterocycles. The van der Waals surface area contributed by atoms with Crippen molar-refractivity contribution in [2.45, 2.75) is 32.3 Å². The van der Waals surface area contributed by atoms with Crippen LogP contribution in [0.2, 0.25) is 0 Å². The van der Waals surface area contributed by atoms with Crippen LogP contribution in [-0.4, -0.2) is 11.2 Å². The largest absolute Gasteiger partial charge is 0.393 e. The lowest BCUT2D eigenvalue weighted by Crippen LogP contribution is -1.96. The van der Waals surface area contributed by atoms with Crippen molar-refractivity contribution < 1.29 is 5.11 Å². The zero-order valence-corrected chi connectivity index (χ0v) is 8.85. The fraction of sp³-hybridized carbons (Fsp3) is 0.385. The lowest BCUT2D eigenvalue weighted by molar-refractivity contribution is 0.198. The summed E-state index contributed by atoms with van der Waals surface area (Å²) in [6.45, 7) is 3.96. The summed E-state index contributed by atoms with van der Waals surface area (Å²) < 4.78 is 0. The van der Waals surface area contributed by atoms with E-state index in [-0.39, 0.29) is 6.10 Å². The summed E-state index contributed by atoms with van der Waals surface area (Å²) >= 11 is 0. The van der Waals surface area contributed by atoms with E-state index in [0.717, 1.165) is 6.42 Å². The molecular weight excluding hydrogens is 172 g/mol. The summed E-state index contributed by atoms with van der Waals surface area (Å²) in [6, 6.07) is 10.4. The zero-order valence-electron chi connectivity index (χ0n) is 8.85. The van der Waals surface area contributed by atoms with Crippen molar-refractivity contribution >= 4 is 0 Å². The molecular formula is C13H18O. The quantitative estimate of drug-likeness (QED) is 0.723. The van der Waals surface area contributed by atoms with Crippen molar-refractivity contribution in [1.82, 2.24) is 0 Å². The minimum atomic E-state index is -0.241. The van der Waals surface area contributed by atoms with Crippen LogP contribution >= 0.6 is 0 Å². The Morgan fingerprint density at radius 2 is 1.86 bits per heavy atom. The maximum absolute atomic E-state index is 9.08. The monoisotopic (exact) mass is 190 g/mol. The van der Waals surface area contributed by atoms with Crippen molar-refractivity contribution in [2.75, 3.05) is 0 Å². The number of aliphatic hydroxyl groups is 1. The normalized spacial score (nSPS) is 15.6. The minimum Gasteiger partial charge on any atom is -0.393 e. The Morgan fingerprint density at radius 3 is 2.43 bits per heavy atom.